The van der Waals surface area contributed by atoms with E-state index in [1.165, 1.54) is 0 Å². The van der Waals surface area contributed by atoms with Crippen molar-refractivity contribution in [2.24, 2.45) is 0 Å². The molecule has 0 aliphatic carbocycles. The first kappa shape index (κ1) is 10.6. The van der Waals surface area contributed by atoms with E-state index in [1.54, 1.807) is 19.2 Å². The average molecular weight is 234 g/mol. The molecule has 0 N–H and O–H groups in total. The van der Waals surface area contributed by atoms with Crippen molar-refractivity contribution in [1.29, 1.82) is 0 Å². The lowest BCUT2D eigenvalue weighted by atomic mass is 9.99. The van der Waals surface area contributed by atoms with Crippen LogP contribution >= 0.6 is 0 Å². The number of esters is 1. The number of carbonyl (C=O) groups is 1. The fourth-order valence-corrected chi connectivity index (χ4v) is 2.51. The fraction of sp³-hybridized carbons (Fsp3) is 0.462. The van der Waals surface area contributed by atoms with Crippen molar-refractivity contribution in [3.63, 3.8) is 0 Å². The van der Waals surface area contributed by atoms with Crippen molar-refractivity contribution in [3.05, 3.63) is 29.3 Å². The molecule has 0 aromatic heterocycles. The Hall–Kier alpha value is -1.55. The second-order valence-corrected chi connectivity index (χ2v) is 4.52. The first-order valence-corrected chi connectivity index (χ1v) is 5.74. The molecule has 0 saturated carbocycles. The van der Waals surface area contributed by atoms with Gasteiger partial charge in [-0.2, -0.15) is 0 Å². The van der Waals surface area contributed by atoms with Crippen LogP contribution in [0.4, 0.5) is 0 Å². The molecule has 2 unspecified atom stereocenters. The Morgan fingerprint density at radius 2 is 2.29 bits per heavy atom. The summed E-state index contributed by atoms with van der Waals surface area (Å²) in [6.45, 7) is 1.99. The molecule has 3 rings (SSSR count). The number of benzene rings is 1. The molecule has 4 nitrogen and oxygen atoms in total. The monoisotopic (exact) mass is 234 g/mol. The topological polar surface area (TPSA) is 44.8 Å². The third kappa shape index (κ3) is 1.44. The standard InChI is InChI=1S/C13H14O4/c1-8-5-6-13(16-8)11-7-9(15-2)3-4-10(11)12(14)17-13/h3-4,7-8H,5-6H2,1-2H3. The summed E-state index contributed by atoms with van der Waals surface area (Å²) >= 11 is 0. The van der Waals surface area contributed by atoms with Gasteiger partial charge in [-0.25, -0.2) is 4.79 Å². The minimum Gasteiger partial charge on any atom is -0.497 e. The van der Waals surface area contributed by atoms with Crippen molar-refractivity contribution >= 4 is 5.97 Å². The highest BCUT2D eigenvalue weighted by Gasteiger charge is 2.51. The van der Waals surface area contributed by atoms with Crippen LogP contribution in [0.25, 0.3) is 0 Å². The quantitative estimate of drug-likeness (QED) is 0.699. The zero-order valence-electron chi connectivity index (χ0n) is 9.86. The van der Waals surface area contributed by atoms with Crippen LogP contribution in [0.1, 0.15) is 35.7 Å². The van der Waals surface area contributed by atoms with E-state index in [4.69, 9.17) is 14.2 Å². The van der Waals surface area contributed by atoms with E-state index in [2.05, 4.69) is 0 Å². The molecule has 0 bridgehead atoms. The Morgan fingerprint density at radius 1 is 1.47 bits per heavy atom. The SMILES string of the molecule is COc1ccc2c(c1)C1(CCC(C)O1)OC2=O. The molecule has 1 spiro atoms. The van der Waals surface area contributed by atoms with Gasteiger partial charge in [-0.1, -0.05) is 0 Å². The molecule has 2 heterocycles. The van der Waals surface area contributed by atoms with Gasteiger partial charge in [0.15, 0.2) is 0 Å². The lowest BCUT2D eigenvalue weighted by molar-refractivity contribution is -0.189. The third-order valence-corrected chi connectivity index (χ3v) is 3.39. The summed E-state index contributed by atoms with van der Waals surface area (Å²) in [6, 6.07) is 5.33. The molecule has 1 fully saturated rings. The van der Waals surface area contributed by atoms with Crippen LogP contribution in [-0.2, 0) is 15.3 Å². The van der Waals surface area contributed by atoms with Crippen LogP contribution in [0.15, 0.2) is 18.2 Å². The highest BCUT2D eigenvalue weighted by atomic mass is 16.7. The summed E-state index contributed by atoms with van der Waals surface area (Å²) in [5, 5.41) is 0. The van der Waals surface area contributed by atoms with Crippen LogP contribution in [-0.4, -0.2) is 19.2 Å². The normalized spacial score (nSPS) is 30.5. The van der Waals surface area contributed by atoms with E-state index in [0.717, 1.165) is 12.0 Å². The molecule has 2 aliphatic rings. The highest BCUT2D eigenvalue weighted by Crippen LogP contribution is 2.47. The molecule has 1 saturated heterocycles. The molecular formula is C13H14O4. The van der Waals surface area contributed by atoms with Crippen molar-refractivity contribution in [3.8, 4) is 5.75 Å². The van der Waals surface area contributed by atoms with Crippen LogP contribution < -0.4 is 4.74 Å². The minimum atomic E-state index is -0.875. The maximum absolute atomic E-state index is 11.8. The lowest BCUT2D eigenvalue weighted by Gasteiger charge is -2.23. The predicted molar refractivity (Wildman–Crippen MR) is 59.9 cm³/mol. The van der Waals surface area contributed by atoms with Gasteiger partial charge in [-0.3, -0.25) is 0 Å². The van der Waals surface area contributed by atoms with E-state index in [1.807, 2.05) is 13.0 Å². The Bertz CT molecular complexity index is 482. The van der Waals surface area contributed by atoms with Crippen LogP contribution in [0.2, 0.25) is 0 Å². The van der Waals surface area contributed by atoms with E-state index < -0.39 is 5.79 Å². The molecule has 0 radical (unpaired) electrons. The largest absolute Gasteiger partial charge is 0.497 e. The molecule has 90 valence electrons. The van der Waals surface area contributed by atoms with Gasteiger partial charge in [0.25, 0.3) is 0 Å². The van der Waals surface area contributed by atoms with Crippen molar-refractivity contribution in [1.82, 2.24) is 0 Å². The van der Waals surface area contributed by atoms with Gasteiger partial charge in [0, 0.05) is 12.0 Å². The van der Waals surface area contributed by atoms with E-state index in [-0.39, 0.29) is 12.1 Å². The van der Waals surface area contributed by atoms with E-state index in [0.29, 0.717) is 17.7 Å². The highest BCUT2D eigenvalue weighted by molar-refractivity contribution is 5.94. The summed E-state index contributed by atoms with van der Waals surface area (Å²) in [6.07, 6.45) is 1.71. The third-order valence-electron chi connectivity index (χ3n) is 3.39. The Morgan fingerprint density at radius 3 is 2.94 bits per heavy atom. The van der Waals surface area contributed by atoms with E-state index >= 15 is 0 Å². The van der Waals surface area contributed by atoms with Gasteiger partial charge >= 0.3 is 5.97 Å². The zero-order chi connectivity index (χ0) is 12.0. The molecule has 2 atom stereocenters. The minimum absolute atomic E-state index is 0.111. The van der Waals surface area contributed by atoms with Gasteiger partial charge in [-0.15, -0.1) is 0 Å². The maximum Gasteiger partial charge on any atom is 0.341 e. The number of hydrogen-bond donors (Lipinski definition) is 0. The Labute approximate surface area is 99.5 Å². The fourth-order valence-electron chi connectivity index (χ4n) is 2.51. The number of rotatable bonds is 1. The second kappa shape index (κ2) is 3.47. The Kier molecular flexibility index (Phi) is 2.16. The lowest BCUT2D eigenvalue weighted by Crippen LogP contribution is -2.25. The molecule has 4 heteroatoms. The van der Waals surface area contributed by atoms with Crippen molar-refractivity contribution in [2.75, 3.05) is 7.11 Å². The average Bonchev–Trinajstić information content (AvgIpc) is 2.82. The number of carbonyl (C=O) groups excluding carboxylic acids is 1. The maximum atomic E-state index is 11.8. The summed E-state index contributed by atoms with van der Waals surface area (Å²) in [4.78, 5) is 11.8. The van der Waals surface area contributed by atoms with Crippen molar-refractivity contribution in [2.45, 2.75) is 31.7 Å². The molecule has 1 aromatic rings. The first-order chi connectivity index (χ1) is 8.14. The molecule has 1 aromatic carbocycles. The molecular weight excluding hydrogens is 220 g/mol. The van der Waals surface area contributed by atoms with Gasteiger partial charge in [-0.05, 0) is 31.5 Å². The van der Waals surface area contributed by atoms with Crippen molar-refractivity contribution < 1.29 is 19.0 Å². The predicted octanol–water partition coefficient (Wildman–Crippen LogP) is 2.22. The van der Waals surface area contributed by atoms with Crippen LogP contribution in [0.3, 0.4) is 0 Å². The summed E-state index contributed by atoms with van der Waals surface area (Å²) in [5.41, 5.74) is 1.38. The van der Waals surface area contributed by atoms with Gasteiger partial charge in [0.05, 0.1) is 18.8 Å². The van der Waals surface area contributed by atoms with Crippen LogP contribution in [0.5, 0.6) is 5.75 Å². The van der Waals surface area contributed by atoms with Gasteiger partial charge in [0.1, 0.15) is 5.75 Å². The summed E-state index contributed by atoms with van der Waals surface area (Å²) in [5.74, 6) is -0.471. The van der Waals surface area contributed by atoms with Gasteiger partial charge < -0.3 is 14.2 Å². The zero-order valence-corrected chi connectivity index (χ0v) is 9.86. The van der Waals surface area contributed by atoms with Crippen LogP contribution in [0, 0.1) is 0 Å². The summed E-state index contributed by atoms with van der Waals surface area (Å²) in [7, 11) is 1.60. The second-order valence-electron chi connectivity index (χ2n) is 4.52. The van der Waals surface area contributed by atoms with E-state index in [9.17, 15) is 4.79 Å². The number of methoxy groups -OCH3 is 1. The number of ether oxygens (including phenoxy) is 3. The van der Waals surface area contributed by atoms with Gasteiger partial charge in [0.2, 0.25) is 5.79 Å². The smallest absolute Gasteiger partial charge is 0.341 e. The molecule has 0 amide bonds. The molecule has 17 heavy (non-hydrogen) atoms. The first-order valence-electron chi connectivity index (χ1n) is 5.74. The number of fused-ring (bicyclic) bond motifs is 2. The molecule has 2 aliphatic heterocycles. The number of hydrogen-bond acceptors (Lipinski definition) is 4. The Balaban J connectivity index is 2.11. The summed E-state index contributed by atoms with van der Waals surface area (Å²) < 4.78 is 16.4.